The highest BCUT2D eigenvalue weighted by Gasteiger charge is 2.25. The van der Waals surface area contributed by atoms with Crippen molar-refractivity contribution in [2.45, 2.75) is 13.3 Å². The van der Waals surface area contributed by atoms with Gasteiger partial charge in [-0.05, 0) is 13.3 Å². The molecule has 1 aliphatic heterocycles. The van der Waals surface area contributed by atoms with Crippen LogP contribution in [-0.4, -0.2) is 22.3 Å². The Balaban J connectivity index is 2.01. The van der Waals surface area contributed by atoms with Crippen molar-refractivity contribution in [2.24, 2.45) is 5.92 Å². The summed E-state index contributed by atoms with van der Waals surface area (Å²) in [5, 5.41) is 1.09. The standard InChI is InChI=1S/C9H11NOS2/c1-6-10-3-8(13-6)2-7-4-12-5-9(7)11/h3,7H,2,4-5H2,1H3. The first kappa shape index (κ1) is 9.21. The van der Waals surface area contributed by atoms with Crippen LogP contribution in [0.25, 0.3) is 0 Å². The molecule has 1 atom stereocenters. The van der Waals surface area contributed by atoms with Gasteiger partial charge in [-0.3, -0.25) is 4.79 Å². The normalized spacial score (nSPS) is 22.5. The number of Topliss-reactive ketones (excluding diaryl/α,β-unsaturated/α-hetero) is 1. The van der Waals surface area contributed by atoms with Crippen molar-refractivity contribution in [3.05, 3.63) is 16.1 Å². The van der Waals surface area contributed by atoms with Crippen molar-refractivity contribution in [3.63, 3.8) is 0 Å². The summed E-state index contributed by atoms with van der Waals surface area (Å²) >= 11 is 3.46. The van der Waals surface area contributed by atoms with Gasteiger partial charge < -0.3 is 0 Å². The van der Waals surface area contributed by atoms with Gasteiger partial charge in [0.15, 0.2) is 0 Å². The average molecular weight is 213 g/mol. The lowest BCUT2D eigenvalue weighted by Gasteiger charge is -2.02. The number of hydrogen-bond donors (Lipinski definition) is 0. The molecule has 4 heteroatoms. The van der Waals surface area contributed by atoms with Gasteiger partial charge in [0.05, 0.1) is 10.8 Å². The van der Waals surface area contributed by atoms with Crippen LogP contribution in [0, 0.1) is 12.8 Å². The zero-order valence-electron chi connectivity index (χ0n) is 7.45. The fourth-order valence-electron chi connectivity index (χ4n) is 1.43. The summed E-state index contributed by atoms with van der Waals surface area (Å²) in [4.78, 5) is 16.8. The molecule has 2 rings (SSSR count). The summed E-state index contributed by atoms with van der Waals surface area (Å²) in [6.07, 6.45) is 2.80. The van der Waals surface area contributed by atoms with Crippen molar-refractivity contribution in [1.29, 1.82) is 0 Å². The summed E-state index contributed by atoms with van der Waals surface area (Å²) in [5.41, 5.74) is 0. The van der Waals surface area contributed by atoms with Crippen molar-refractivity contribution in [1.82, 2.24) is 4.98 Å². The zero-order valence-corrected chi connectivity index (χ0v) is 9.08. The molecule has 0 N–H and O–H groups in total. The maximum atomic E-state index is 11.3. The fourth-order valence-corrected chi connectivity index (χ4v) is 3.45. The minimum Gasteiger partial charge on any atom is -0.298 e. The van der Waals surface area contributed by atoms with Crippen LogP contribution in [0.1, 0.15) is 9.88 Å². The molecule has 1 aromatic rings. The van der Waals surface area contributed by atoms with Crippen LogP contribution in [0.5, 0.6) is 0 Å². The highest BCUT2D eigenvalue weighted by molar-refractivity contribution is 8.00. The first-order valence-electron chi connectivity index (χ1n) is 4.27. The lowest BCUT2D eigenvalue weighted by atomic mass is 10.0. The van der Waals surface area contributed by atoms with E-state index >= 15 is 0 Å². The van der Waals surface area contributed by atoms with E-state index < -0.39 is 0 Å². The van der Waals surface area contributed by atoms with Crippen molar-refractivity contribution in [2.75, 3.05) is 11.5 Å². The lowest BCUT2D eigenvalue weighted by Crippen LogP contribution is -2.13. The molecular formula is C9H11NOS2. The number of ketones is 1. The van der Waals surface area contributed by atoms with Gasteiger partial charge in [0.1, 0.15) is 5.78 Å². The molecule has 1 saturated heterocycles. The summed E-state index contributed by atoms with van der Waals surface area (Å²) < 4.78 is 0. The van der Waals surface area contributed by atoms with Gasteiger partial charge in [0.25, 0.3) is 0 Å². The van der Waals surface area contributed by atoms with Crippen molar-refractivity contribution >= 4 is 28.9 Å². The third-order valence-electron chi connectivity index (χ3n) is 2.14. The Bertz CT molecular complexity index is 321. The SMILES string of the molecule is Cc1ncc(CC2CSCC2=O)s1. The fraction of sp³-hybridized carbons (Fsp3) is 0.556. The minimum atomic E-state index is 0.254. The van der Waals surface area contributed by atoms with E-state index in [0.717, 1.165) is 17.2 Å². The number of nitrogens with zero attached hydrogens (tertiary/aromatic N) is 1. The van der Waals surface area contributed by atoms with Crippen LogP contribution in [0.4, 0.5) is 0 Å². The van der Waals surface area contributed by atoms with Crippen LogP contribution < -0.4 is 0 Å². The van der Waals surface area contributed by atoms with E-state index in [1.54, 1.807) is 23.1 Å². The van der Waals surface area contributed by atoms with Crippen LogP contribution in [0.3, 0.4) is 0 Å². The summed E-state index contributed by atoms with van der Waals surface area (Å²) in [7, 11) is 0. The average Bonchev–Trinajstić information content (AvgIpc) is 2.64. The zero-order chi connectivity index (χ0) is 9.26. The number of rotatable bonds is 2. The number of thioether (sulfide) groups is 1. The van der Waals surface area contributed by atoms with E-state index in [2.05, 4.69) is 4.98 Å². The summed E-state index contributed by atoms with van der Waals surface area (Å²) in [6, 6.07) is 0. The highest BCUT2D eigenvalue weighted by Crippen LogP contribution is 2.25. The number of thiazole rings is 1. The molecule has 0 saturated carbocycles. The van der Waals surface area contributed by atoms with Crippen LogP contribution >= 0.6 is 23.1 Å². The molecule has 1 aliphatic rings. The third-order valence-corrected chi connectivity index (χ3v) is 4.20. The lowest BCUT2D eigenvalue weighted by molar-refractivity contribution is -0.119. The Morgan fingerprint density at radius 3 is 3.08 bits per heavy atom. The molecular weight excluding hydrogens is 202 g/mol. The topological polar surface area (TPSA) is 30.0 Å². The summed E-state index contributed by atoms with van der Waals surface area (Å²) in [6.45, 7) is 2.00. The molecule has 1 aromatic heterocycles. The maximum absolute atomic E-state index is 11.3. The molecule has 13 heavy (non-hydrogen) atoms. The third kappa shape index (κ3) is 2.11. The molecule has 0 aromatic carbocycles. The van der Waals surface area contributed by atoms with Gasteiger partial charge in [0.2, 0.25) is 0 Å². The van der Waals surface area contributed by atoms with Crippen LogP contribution in [0.2, 0.25) is 0 Å². The van der Waals surface area contributed by atoms with Crippen LogP contribution in [-0.2, 0) is 11.2 Å². The quantitative estimate of drug-likeness (QED) is 0.752. The van der Waals surface area contributed by atoms with E-state index in [9.17, 15) is 4.79 Å². The van der Waals surface area contributed by atoms with Gasteiger partial charge in [0, 0.05) is 22.7 Å². The smallest absolute Gasteiger partial charge is 0.146 e. The Morgan fingerprint density at radius 2 is 2.54 bits per heavy atom. The largest absolute Gasteiger partial charge is 0.298 e. The van der Waals surface area contributed by atoms with Crippen LogP contribution in [0.15, 0.2) is 6.20 Å². The number of aryl methyl sites for hydroxylation is 1. The Labute approximate surface area is 85.8 Å². The summed E-state index contributed by atoms with van der Waals surface area (Å²) in [5.74, 6) is 2.37. The highest BCUT2D eigenvalue weighted by atomic mass is 32.2. The predicted molar refractivity (Wildman–Crippen MR) is 56.4 cm³/mol. The number of aromatic nitrogens is 1. The first-order chi connectivity index (χ1) is 6.25. The van der Waals surface area contributed by atoms with Crippen molar-refractivity contribution < 1.29 is 4.79 Å². The Kier molecular flexibility index (Phi) is 2.69. The number of carbonyl (C=O) groups excluding carboxylic acids is 1. The molecule has 0 amide bonds. The molecule has 2 nitrogen and oxygen atoms in total. The van der Waals surface area contributed by atoms with Gasteiger partial charge in [-0.15, -0.1) is 11.3 Å². The number of carbonyl (C=O) groups is 1. The minimum absolute atomic E-state index is 0.254. The Morgan fingerprint density at radius 1 is 1.69 bits per heavy atom. The van der Waals surface area contributed by atoms with E-state index in [1.165, 1.54) is 4.88 Å². The predicted octanol–water partition coefficient (Wildman–Crippen LogP) is 1.93. The van der Waals surface area contributed by atoms with E-state index in [0.29, 0.717) is 11.5 Å². The first-order valence-corrected chi connectivity index (χ1v) is 6.24. The molecule has 70 valence electrons. The monoisotopic (exact) mass is 213 g/mol. The molecule has 0 spiro atoms. The van der Waals surface area contributed by atoms with E-state index in [4.69, 9.17) is 0 Å². The Hall–Kier alpha value is -0.350. The van der Waals surface area contributed by atoms with Gasteiger partial charge in [-0.2, -0.15) is 11.8 Å². The molecule has 0 radical (unpaired) electrons. The molecule has 0 aliphatic carbocycles. The number of hydrogen-bond acceptors (Lipinski definition) is 4. The van der Waals surface area contributed by atoms with Crippen molar-refractivity contribution in [3.8, 4) is 0 Å². The van der Waals surface area contributed by atoms with Gasteiger partial charge >= 0.3 is 0 Å². The molecule has 2 heterocycles. The second-order valence-electron chi connectivity index (χ2n) is 3.23. The van der Waals surface area contributed by atoms with Gasteiger partial charge in [-0.25, -0.2) is 4.98 Å². The second kappa shape index (κ2) is 3.80. The second-order valence-corrected chi connectivity index (χ2v) is 5.58. The van der Waals surface area contributed by atoms with E-state index in [-0.39, 0.29) is 5.92 Å². The maximum Gasteiger partial charge on any atom is 0.146 e. The molecule has 1 fully saturated rings. The molecule has 0 bridgehead atoms. The molecule has 1 unspecified atom stereocenters. The van der Waals surface area contributed by atoms with E-state index in [1.807, 2.05) is 13.1 Å². The van der Waals surface area contributed by atoms with Gasteiger partial charge in [-0.1, -0.05) is 0 Å².